The lowest BCUT2D eigenvalue weighted by molar-refractivity contribution is -0.121. The van der Waals surface area contributed by atoms with Crippen LogP contribution in [0.3, 0.4) is 0 Å². The first-order chi connectivity index (χ1) is 16.2. The molecule has 2 aliphatic heterocycles. The molecule has 0 aromatic heterocycles. The van der Waals surface area contributed by atoms with Gasteiger partial charge in [0.25, 0.3) is 5.91 Å². The van der Waals surface area contributed by atoms with Crippen molar-refractivity contribution in [2.75, 3.05) is 4.90 Å². The minimum atomic E-state index is -3.70. The van der Waals surface area contributed by atoms with Crippen molar-refractivity contribution in [2.24, 2.45) is 0 Å². The number of sulfonamides is 1. The van der Waals surface area contributed by atoms with Gasteiger partial charge in [-0.1, -0.05) is 6.08 Å². The maximum atomic E-state index is 14.7. The van der Waals surface area contributed by atoms with Crippen LogP contribution < -0.4 is 19.7 Å². The molecule has 4 rings (SSSR count). The second kappa shape index (κ2) is 8.38. The lowest BCUT2D eigenvalue weighted by Gasteiger charge is -2.32. The maximum absolute atomic E-state index is 14.7. The zero-order valence-electron chi connectivity index (χ0n) is 18.9. The maximum Gasteiger partial charge on any atom is 0.387 e. The molecule has 2 amide bonds. The van der Waals surface area contributed by atoms with Gasteiger partial charge in [0, 0.05) is 23.5 Å². The Hall–Kier alpha value is -3.38. The monoisotopic (exact) mass is 509 g/mol. The van der Waals surface area contributed by atoms with Crippen molar-refractivity contribution >= 4 is 33.2 Å². The van der Waals surface area contributed by atoms with E-state index in [0.29, 0.717) is 5.56 Å². The number of alkyl halides is 2. The Morgan fingerprint density at radius 1 is 1.14 bits per heavy atom. The van der Waals surface area contributed by atoms with Crippen LogP contribution in [-0.4, -0.2) is 32.5 Å². The average molecular weight is 510 g/mol. The summed E-state index contributed by atoms with van der Waals surface area (Å²) in [6.45, 7) is 1.58. The van der Waals surface area contributed by atoms with Crippen LogP contribution in [0.4, 0.5) is 24.5 Å². The second-order valence-corrected chi connectivity index (χ2v) is 10.6. The number of hydrogen-bond acceptors (Lipinski definition) is 5. The fourth-order valence-electron chi connectivity index (χ4n) is 4.16. The molecule has 35 heavy (non-hydrogen) atoms. The number of benzene rings is 2. The number of nitrogens with zero attached hydrogens (tertiary/aromatic N) is 1. The Bertz CT molecular complexity index is 1360. The second-order valence-electron chi connectivity index (χ2n) is 9.00. The summed E-state index contributed by atoms with van der Waals surface area (Å²) >= 11 is 0. The summed E-state index contributed by atoms with van der Waals surface area (Å²) in [5, 5.41) is 3.66. The van der Waals surface area contributed by atoms with Gasteiger partial charge >= 0.3 is 6.61 Å². The molecule has 0 saturated heterocycles. The Labute approximate surface area is 199 Å². The molecule has 0 fully saturated rings. The molecule has 2 aromatic rings. The van der Waals surface area contributed by atoms with E-state index < -0.39 is 45.3 Å². The highest BCUT2D eigenvalue weighted by Crippen LogP contribution is 2.47. The SMILES string of the molecule is CC1(C)C(=O)N(c2cc(OC(F)F)ccc2F)c2ccc(C(=O)N[C@@]3(C)CC=CS(=O)(=O)N3)cc21. The van der Waals surface area contributed by atoms with Gasteiger partial charge in [0.1, 0.15) is 17.2 Å². The minimum absolute atomic E-state index is 0.150. The highest BCUT2D eigenvalue weighted by Gasteiger charge is 2.46. The molecule has 0 bridgehead atoms. The number of ether oxygens (including phenoxy) is 1. The molecule has 0 unspecified atom stereocenters. The van der Waals surface area contributed by atoms with Crippen LogP contribution in [0.2, 0.25) is 0 Å². The van der Waals surface area contributed by atoms with Crippen LogP contribution in [0.1, 0.15) is 43.1 Å². The Morgan fingerprint density at radius 3 is 2.51 bits per heavy atom. The number of halogens is 3. The van der Waals surface area contributed by atoms with Crippen molar-refractivity contribution in [1.29, 1.82) is 0 Å². The number of anilines is 2. The molecule has 2 heterocycles. The number of hydrogen-bond donors (Lipinski definition) is 2. The summed E-state index contributed by atoms with van der Waals surface area (Å²) < 4.78 is 70.5. The van der Waals surface area contributed by atoms with Crippen LogP contribution in [0.25, 0.3) is 0 Å². The largest absolute Gasteiger partial charge is 0.435 e. The predicted molar refractivity (Wildman–Crippen MR) is 121 cm³/mol. The van der Waals surface area contributed by atoms with Gasteiger partial charge in [-0.25, -0.2) is 12.8 Å². The van der Waals surface area contributed by atoms with E-state index in [1.807, 2.05) is 0 Å². The summed E-state index contributed by atoms with van der Waals surface area (Å²) in [6.07, 6.45) is 1.64. The number of nitrogens with one attached hydrogen (secondary N) is 2. The van der Waals surface area contributed by atoms with Crippen molar-refractivity contribution < 1.29 is 35.9 Å². The molecule has 0 spiro atoms. The molecule has 0 aliphatic carbocycles. The van der Waals surface area contributed by atoms with E-state index in [9.17, 15) is 31.2 Å². The number of carbonyl (C=O) groups is 2. The molecule has 8 nitrogen and oxygen atoms in total. The van der Waals surface area contributed by atoms with Gasteiger partial charge in [-0.2, -0.15) is 13.5 Å². The fourth-order valence-corrected chi connectivity index (χ4v) is 5.34. The molecule has 186 valence electrons. The third-order valence-electron chi connectivity index (χ3n) is 5.85. The van der Waals surface area contributed by atoms with E-state index in [1.54, 1.807) is 13.8 Å². The number of rotatable bonds is 5. The van der Waals surface area contributed by atoms with E-state index in [2.05, 4.69) is 14.8 Å². The average Bonchev–Trinajstić information content (AvgIpc) is 2.93. The van der Waals surface area contributed by atoms with E-state index in [4.69, 9.17) is 0 Å². The van der Waals surface area contributed by atoms with E-state index in [1.165, 1.54) is 31.2 Å². The van der Waals surface area contributed by atoms with Gasteiger partial charge in [-0.15, -0.1) is 0 Å². The topological polar surface area (TPSA) is 105 Å². The normalized spacial score (nSPS) is 22.3. The van der Waals surface area contributed by atoms with Crippen molar-refractivity contribution in [3.63, 3.8) is 0 Å². The highest BCUT2D eigenvalue weighted by molar-refractivity contribution is 7.92. The van der Waals surface area contributed by atoms with Gasteiger partial charge in [0.2, 0.25) is 15.9 Å². The van der Waals surface area contributed by atoms with Crippen molar-refractivity contribution in [3.8, 4) is 5.75 Å². The van der Waals surface area contributed by atoms with Gasteiger partial charge < -0.3 is 10.1 Å². The molecule has 0 saturated carbocycles. The van der Waals surface area contributed by atoms with Crippen LogP contribution in [0.15, 0.2) is 47.9 Å². The fraction of sp³-hybridized carbons (Fsp3) is 0.304. The minimum Gasteiger partial charge on any atom is -0.435 e. The molecule has 1 atom stereocenters. The molecule has 2 N–H and O–H groups in total. The van der Waals surface area contributed by atoms with E-state index in [-0.39, 0.29) is 29.1 Å². The number of fused-ring (bicyclic) bond motifs is 1. The first-order valence-electron chi connectivity index (χ1n) is 10.5. The van der Waals surface area contributed by atoms with Crippen LogP contribution in [-0.2, 0) is 20.2 Å². The highest BCUT2D eigenvalue weighted by atomic mass is 32.2. The summed E-state index contributed by atoms with van der Waals surface area (Å²) in [6, 6.07) is 7.28. The summed E-state index contributed by atoms with van der Waals surface area (Å²) in [7, 11) is -3.70. The van der Waals surface area contributed by atoms with Crippen LogP contribution >= 0.6 is 0 Å². The van der Waals surface area contributed by atoms with Crippen LogP contribution in [0.5, 0.6) is 5.75 Å². The van der Waals surface area contributed by atoms with Crippen molar-refractivity contribution in [1.82, 2.24) is 10.0 Å². The summed E-state index contributed by atoms with van der Waals surface area (Å²) in [5.41, 5.74) is -1.88. The first kappa shape index (κ1) is 24.7. The van der Waals surface area contributed by atoms with Crippen LogP contribution in [0, 0.1) is 5.82 Å². The Kier molecular flexibility index (Phi) is 5.92. The summed E-state index contributed by atoms with van der Waals surface area (Å²) in [4.78, 5) is 27.3. The lowest BCUT2D eigenvalue weighted by Crippen LogP contribution is -2.59. The summed E-state index contributed by atoms with van der Waals surface area (Å²) in [5.74, 6) is -2.26. The standard InChI is InChI=1S/C23H22F3N3O5S/c1-22(2)15-11-13(19(30)27-23(3)9-4-10-35(32,33)28-23)5-8-17(15)29(20(22)31)18-12-14(34-21(25)26)6-7-16(18)24/h4-8,10-12,21,28H,9H2,1-3H3,(H,27,30)/t23-/m1/s1. The molecule has 2 aromatic carbocycles. The predicted octanol–water partition coefficient (Wildman–Crippen LogP) is 3.67. The van der Waals surface area contributed by atoms with E-state index >= 15 is 0 Å². The molecular formula is C23H22F3N3O5S. The molecule has 12 heteroatoms. The zero-order valence-corrected chi connectivity index (χ0v) is 19.8. The van der Waals surface area contributed by atoms with Gasteiger partial charge in [-0.3, -0.25) is 14.5 Å². The third-order valence-corrected chi connectivity index (χ3v) is 7.14. The first-order valence-corrected chi connectivity index (χ1v) is 12.0. The van der Waals surface area contributed by atoms with Gasteiger partial charge in [0.05, 0.1) is 16.8 Å². The molecule has 2 aliphatic rings. The molecule has 0 radical (unpaired) electrons. The Morgan fingerprint density at radius 2 is 1.86 bits per heavy atom. The lowest BCUT2D eigenvalue weighted by atomic mass is 9.85. The van der Waals surface area contributed by atoms with Crippen molar-refractivity contribution in [2.45, 2.75) is 44.9 Å². The third kappa shape index (κ3) is 4.63. The van der Waals surface area contributed by atoms with Crippen molar-refractivity contribution in [3.05, 3.63) is 64.8 Å². The Balaban J connectivity index is 1.70. The van der Waals surface area contributed by atoms with Gasteiger partial charge in [-0.05, 0) is 56.7 Å². The quantitative estimate of drug-likeness (QED) is 0.640. The molecular weight excluding hydrogens is 487 g/mol. The smallest absolute Gasteiger partial charge is 0.387 e. The number of amides is 2. The number of carbonyl (C=O) groups excluding carboxylic acids is 2. The van der Waals surface area contributed by atoms with Gasteiger partial charge in [0.15, 0.2) is 0 Å². The van der Waals surface area contributed by atoms with E-state index in [0.717, 1.165) is 28.5 Å². The zero-order chi connectivity index (χ0) is 25.8.